The standard InChI is InChI=1S/C14H9F2NS/c1-9-2-4-10(5-3-9)11-6-12(15)14(18-8-17)13(16)7-11/h2-7H,1H3. The predicted octanol–water partition coefficient (Wildman–Crippen LogP) is 4.51. The molecule has 2 aromatic rings. The summed E-state index contributed by atoms with van der Waals surface area (Å²) in [5, 5.41) is 10.1. The minimum Gasteiger partial charge on any atom is -0.206 e. The zero-order valence-electron chi connectivity index (χ0n) is 9.58. The fourth-order valence-electron chi connectivity index (χ4n) is 1.62. The fraction of sp³-hybridized carbons (Fsp3) is 0.0714. The first-order valence-corrected chi connectivity index (χ1v) is 6.05. The lowest BCUT2D eigenvalue weighted by atomic mass is 10.0. The molecule has 0 bridgehead atoms. The average Bonchev–Trinajstić information content (AvgIpc) is 2.34. The highest BCUT2D eigenvalue weighted by atomic mass is 32.2. The van der Waals surface area contributed by atoms with Gasteiger partial charge in [0, 0.05) is 0 Å². The largest absolute Gasteiger partial charge is 0.206 e. The van der Waals surface area contributed by atoms with E-state index in [1.165, 1.54) is 12.1 Å². The van der Waals surface area contributed by atoms with Gasteiger partial charge in [-0.2, -0.15) is 5.26 Å². The predicted molar refractivity (Wildman–Crippen MR) is 68.0 cm³/mol. The maximum Gasteiger partial charge on any atom is 0.141 e. The zero-order chi connectivity index (χ0) is 13.1. The number of thioether (sulfide) groups is 1. The topological polar surface area (TPSA) is 23.8 Å². The van der Waals surface area contributed by atoms with Crippen molar-refractivity contribution in [2.24, 2.45) is 0 Å². The molecule has 0 amide bonds. The molecule has 0 aliphatic carbocycles. The molecule has 0 heterocycles. The summed E-state index contributed by atoms with van der Waals surface area (Å²) in [6.45, 7) is 1.94. The minimum atomic E-state index is -0.711. The van der Waals surface area contributed by atoms with E-state index in [1.807, 2.05) is 19.1 Å². The van der Waals surface area contributed by atoms with Crippen LogP contribution in [0.5, 0.6) is 0 Å². The number of hydrogen-bond acceptors (Lipinski definition) is 2. The summed E-state index contributed by atoms with van der Waals surface area (Å²) < 4.78 is 27.3. The van der Waals surface area contributed by atoms with Crippen LogP contribution in [0, 0.1) is 29.2 Å². The number of nitrogens with zero attached hydrogens (tertiary/aromatic N) is 1. The Morgan fingerprint density at radius 2 is 1.56 bits per heavy atom. The third-order valence-electron chi connectivity index (χ3n) is 2.53. The molecule has 1 nitrogen and oxygen atoms in total. The van der Waals surface area contributed by atoms with Crippen LogP contribution in [0.2, 0.25) is 0 Å². The van der Waals surface area contributed by atoms with E-state index in [0.717, 1.165) is 11.1 Å². The number of halogens is 2. The summed E-state index contributed by atoms with van der Waals surface area (Å²) >= 11 is 0.490. The van der Waals surface area contributed by atoms with Gasteiger partial charge in [0.1, 0.15) is 17.0 Å². The van der Waals surface area contributed by atoms with Crippen LogP contribution in [-0.2, 0) is 0 Å². The third-order valence-corrected chi connectivity index (χ3v) is 3.22. The maximum absolute atomic E-state index is 13.7. The quantitative estimate of drug-likeness (QED) is 0.586. The van der Waals surface area contributed by atoms with E-state index in [0.29, 0.717) is 17.3 Å². The van der Waals surface area contributed by atoms with Crippen molar-refractivity contribution in [3.05, 3.63) is 53.6 Å². The van der Waals surface area contributed by atoms with Crippen molar-refractivity contribution >= 4 is 11.8 Å². The molecule has 90 valence electrons. The second-order valence-corrected chi connectivity index (χ2v) is 4.62. The molecule has 0 atom stereocenters. The monoisotopic (exact) mass is 261 g/mol. The van der Waals surface area contributed by atoms with Gasteiger partial charge < -0.3 is 0 Å². The van der Waals surface area contributed by atoms with E-state index in [2.05, 4.69) is 0 Å². The maximum atomic E-state index is 13.7. The third kappa shape index (κ3) is 2.52. The lowest BCUT2D eigenvalue weighted by molar-refractivity contribution is 0.542. The zero-order valence-corrected chi connectivity index (χ0v) is 10.4. The molecule has 2 rings (SSSR count). The summed E-state index contributed by atoms with van der Waals surface area (Å²) in [5.41, 5.74) is 2.29. The van der Waals surface area contributed by atoms with Crippen LogP contribution >= 0.6 is 11.8 Å². The molecule has 0 fully saturated rings. The van der Waals surface area contributed by atoms with Gasteiger partial charge in [-0.3, -0.25) is 0 Å². The summed E-state index contributed by atoms with van der Waals surface area (Å²) in [7, 11) is 0. The highest BCUT2D eigenvalue weighted by Crippen LogP contribution is 2.30. The Labute approximate surface area is 108 Å². The van der Waals surface area contributed by atoms with Crippen LogP contribution in [0.25, 0.3) is 11.1 Å². The summed E-state index contributed by atoms with van der Waals surface area (Å²) in [4.78, 5) is -0.256. The van der Waals surface area contributed by atoms with Gasteiger partial charge in [-0.1, -0.05) is 29.8 Å². The lowest BCUT2D eigenvalue weighted by Crippen LogP contribution is -1.89. The SMILES string of the molecule is Cc1ccc(-c2cc(F)c(SC#N)c(F)c2)cc1. The smallest absolute Gasteiger partial charge is 0.141 e. The Bertz CT molecular complexity index is 592. The molecule has 0 saturated carbocycles. The second-order valence-electron chi connectivity index (χ2n) is 3.83. The van der Waals surface area contributed by atoms with Crippen molar-refractivity contribution in [2.75, 3.05) is 0 Å². The van der Waals surface area contributed by atoms with E-state index in [1.54, 1.807) is 17.5 Å². The number of rotatable bonds is 2. The molecule has 0 aliphatic rings. The molecule has 0 saturated heterocycles. The van der Waals surface area contributed by atoms with Crippen molar-refractivity contribution in [3.63, 3.8) is 0 Å². The molecule has 0 radical (unpaired) electrons. The highest BCUT2D eigenvalue weighted by Gasteiger charge is 2.12. The van der Waals surface area contributed by atoms with Gasteiger partial charge in [-0.25, -0.2) is 8.78 Å². The van der Waals surface area contributed by atoms with Crippen LogP contribution < -0.4 is 0 Å². The van der Waals surface area contributed by atoms with E-state index in [-0.39, 0.29) is 4.90 Å². The van der Waals surface area contributed by atoms with Crippen LogP contribution in [0.15, 0.2) is 41.3 Å². The van der Waals surface area contributed by atoms with Crippen molar-refractivity contribution in [1.29, 1.82) is 5.26 Å². The van der Waals surface area contributed by atoms with Crippen LogP contribution in [0.3, 0.4) is 0 Å². The molecule has 4 heteroatoms. The highest BCUT2D eigenvalue weighted by molar-refractivity contribution is 8.03. The molecule has 0 aromatic heterocycles. The van der Waals surface area contributed by atoms with Gasteiger partial charge in [0.25, 0.3) is 0 Å². The minimum absolute atomic E-state index is 0.256. The second kappa shape index (κ2) is 5.19. The van der Waals surface area contributed by atoms with Gasteiger partial charge in [-0.15, -0.1) is 0 Å². The van der Waals surface area contributed by atoms with Crippen molar-refractivity contribution < 1.29 is 8.78 Å². The molecule has 0 unspecified atom stereocenters. The Kier molecular flexibility index (Phi) is 3.63. The normalized spacial score (nSPS) is 10.1. The van der Waals surface area contributed by atoms with Gasteiger partial charge in [-0.05, 0) is 41.9 Å². The Morgan fingerprint density at radius 1 is 1.00 bits per heavy atom. The number of thiocyanates is 1. The number of nitriles is 1. The average molecular weight is 261 g/mol. The molecule has 0 N–H and O–H groups in total. The molecule has 2 aromatic carbocycles. The Balaban J connectivity index is 2.48. The molecule has 0 spiro atoms. The van der Waals surface area contributed by atoms with Crippen molar-refractivity contribution in [1.82, 2.24) is 0 Å². The van der Waals surface area contributed by atoms with Crippen molar-refractivity contribution in [2.45, 2.75) is 11.8 Å². The van der Waals surface area contributed by atoms with Crippen molar-refractivity contribution in [3.8, 4) is 16.5 Å². The molecule has 18 heavy (non-hydrogen) atoms. The van der Waals surface area contributed by atoms with Gasteiger partial charge in [0.05, 0.1) is 4.90 Å². The van der Waals surface area contributed by atoms with E-state index in [4.69, 9.17) is 5.26 Å². The number of hydrogen-bond donors (Lipinski definition) is 0. The van der Waals surface area contributed by atoms with Crippen LogP contribution in [-0.4, -0.2) is 0 Å². The van der Waals surface area contributed by atoms with E-state index < -0.39 is 11.6 Å². The summed E-state index contributed by atoms with van der Waals surface area (Å²) in [6, 6.07) is 9.86. The Hall–Kier alpha value is -1.86. The number of benzene rings is 2. The molecular formula is C14H9F2NS. The first-order valence-electron chi connectivity index (χ1n) is 5.24. The molecule has 0 aliphatic heterocycles. The van der Waals surface area contributed by atoms with E-state index in [9.17, 15) is 8.78 Å². The van der Waals surface area contributed by atoms with Gasteiger partial charge in [0.2, 0.25) is 0 Å². The van der Waals surface area contributed by atoms with Gasteiger partial charge >= 0.3 is 0 Å². The lowest BCUT2D eigenvalue weighted by Gasteiger charge is -2.06. The van der Waals surface area contributed by atoms with Gasteiger partial charge in [0.15, 0.2) is 0 Å². The van der Waals surface area contributed by atoms with E-state index >= 15 is 0 Å². The molecular weight excluding hydrogens is 252 g/mol. The summed E-state index contributed by atoms with van der Waals surface area (Å²) in [6.07, 6.45) is 0. The van der Waals surface area contributed by atoms with Crippen LogP contribution in [0.1, 0.15) is 5.56 Å². The summed E-state index contributed by atoms with van der Waals surface area (Å²) in [5.74, 6) is -1.42. The Morgan fingerprint density at radius 3 is 2.06 bits per heavy atom. The number of aryl methyl sites for hydroxylation is 1. The first-order chi connectivity index (χ1) is 8.61. The van der Waals surface area contributed by atoms with Crippen LogP contribution in [0.4, 0.5) is 8.78 Å². The fourth-order valence-corrected chi connectivity index (χ4v) is 2.02. The first kappa shape index (κ1) is 12.6.